The minimum absolute atomic E-state index is 0.111. The standard InChI is InChI=1S/C10H12N2O3S3/c1-6(5-18(2,14)15)12-9(13)7-3-4-17-8(7)11-10(12)16/h3-4,6H,5H2,1-2H3,(H,11,16). The number of hydrogen-bond donors (Lipinski definition) is 1. The van der Waals surface area contributed by atoms with Gasteiger partial charge in [-0.2, -0.15) is 0 Å². The summed E-state index contributed by atoms with van der Waals surface area (Å²) in [5.74, 6) is -0.111. The summed E-state index contributed by atoms with van der Waals surface area (Å²) in [7, 11) is -3.16. The Labute approximate surface area is 113 Å². The van der Waals surface area contributed by atoms with E-state index in [2.05, 4.69) is 4.98 Å². The van der Waals surface area contributed by atoms with Crippen molar-refractivity contribution in [3.8, 4) is 0 Å². The molecule has 0 bridgehead atoms. The van der Waals surface area contributed by atoms with E-state index in [9.17, 15) is 13.2 Å². The minimum Gasteiger partial charge on any atom is -0.323 e. The van der Waals surface area contributed by atoms with Crippen LogP contribution < -0.4 is 5.56 Å². The van der Waals surface area contributed by atoms with Crippen LogP contribution in [-0.4, -0.2) is 30.0 Å². The van der Waals surface area contributed by atoms with Crippen molar-refractivity contribution in [3.63, 3.8) is 0 Å². The molecule has 0 saturated carbocycles. The van der Waals surface area contributed by atoms with E-state index in [0.29, 0.717) is 10.2 Å². The summed E-state index contributed by atoms with van der Waals surface area (Å²) >= 11 is 6.51. The average Bonchev–Trinajstić information content (AvgIpc) is 2.62. The first kappa shape index (κ1) is 13.4. The van der Waals surface area contributed by atoms with Crippen LogP contribution >= 0.6 is 23.6 Å². The number of H-pyrrole nitrogens is 1. The molecule has 0 aromatic carbocycles. The van der Waals surface area contributed by atoms with Crippen molar-refractivity contribution in [1.29, 1.82) is 0 Å². The largest absolute Gasteiger partial charge is 0.323 e. The van der Waals surface area contributed by atoms with Crippen LogP contribution in [0, 0.1) is 4.77 Å². The van der Waals surface area contributed by atoms with Crippen molar-refractivity contribution in [2.24, 2.45) is 0 Å². The monoisotopic (exact) mass is 304 g/mol. The highest BCUT2D eigenvalue weighted by molar-refractivity contribution is 7.90. The molecule has 0 radical (unpaired) electrons. The summed E-state index contributed by atoms with van der Waals surface area (Å²) in [5.41, 5.74) is -0.244. The molecule has 2 aromatic rings. The second-order valence-corrected chi connectivity index (χ2v) is 7.70. The Bertz CT molecular complexity index is 798. The van der Waals surface area contributed by atoms with Crippen LogP contribution in [0.25, 0.3) is 10.2 Å². The summed E-state index contributed by atoms with van der Waals surface area (Å²) in [6.45, 7) is 1.67. The van der Waals surface area contributed by atoms with Gasteiger partial charge in [0.2, 0.25) is 0 Å². The van der Waals surface area contributed by atoms with E-state index < -0.39 is 15.9 Å². The van der Waals surface area contributed by atoms with Gasteiger partial charge in [0.15, 0.2) is 4.77 Å². The van der Waals surface area contributed by atoms with Crippen LogP contribution in [0.3, 0.4) is 0 Å². The fourth-order valence-electron chi connectivity index (χ4n) is 1.87. The van der Waals surface area contributed by atoms with E-state index in [1.807, 2.05) is 0 Å². The third-order valence-electron chi connectivity index (χ3n) is 2.54. The first-order valence-electron chi connectivity index (χ1n) is 5.19. The van der Waals surface area contributed by atoms with E-state index in [1.165, 1.54) is 15.9 Å². The Morgan fingerprint density at radius 1 is 1.56 bits per heavy atom. The predicted molar refractivity (Wildman–Crippen MR) is 75.7 cm³/mol. The number of rotatable bonds is 3. The summed E-state index contributed by atoms with van der Waals surface area (Å²) in [4.78, 5) is 15.9. The van der Waals surface area contributed by atoms with Gasteiger partial charge in [-0.25, -0.2) is 8.42 Å². The van der Waals surface area contributed by atoms with Crippen LogP contribution in [0.4, 0.5) is 0 Å². The lowest BCUT2D eigenvalue weighted by Crippen LogP contribution is -2.28. The molecule has 8 heteroatoms. The zero-order valence-electron chi connectivity index (χ0n) is 9.84. The van der Waals surface area contributed by atoms with Crippen LogP contribution in [0.1, 0.15) is 13.0 Å². The van der Waals surface area contributed by atoms with E-state index in [1.54, 1.807) is 18.4 Å². The highest BCUT2D eigenvalue weighted by Crippen LogP contribution is 2.16. The highest BCUT2D eigenvalue weighted by atomic mass is 32.2. The van der Waals surface area contributed by atoms with E-state index >= 15 is 0 Å². The lowest BCUT2D eigenvalue weighted by molar-refractivity contribution is 0.543. The van der Waals surface area contributed by atoms with Crippen molar-refractivity contribution in [3.05, 3.63) is 26.6 Å². The average molecular weight is 304 g/mol. The summed E-state index contributed by atoms with van der Waals surface area (Å²) < 4.78 is 24.2. The zero-order chi connectivity index (χ0) is 13.5. The zero-order valence-corrected chi connectivity index (χ0v) is 12.3. The number of aromatic amines is 1. The summed E-state index contributed by atoms with van der Waals surface area (Å²) in [6, 6.07) is 1.22. The quantitative estimate of drug-likeness (QED) is 0.877. The van der Waals surface area contributed by atoms with Gasteiger partial charge in [-0.1, -0.05) is 0 Å². The van der Waals surface area contributed by atoms with Crippen molar-refractivity contribution in [2.75, 3.05) is 12.0 Å². The lowest BCUT2D eigenvalue weighted by atomic mass is 10.3. The Hall–Kier alpha value is -0.990. The van der Waals surface area contributed by atoms with Crippen LogP contribution in [0.15, 0.2) is 16.2 Å². The number of fused-ring (bicyclic) bond motifs is 1. The molecule has 0 fully saturated rings. The third-order valence-corrected chi connectivity index (χ3v) is 4.75. The van der Waals surface area contributed by atoms with Gasteiger partial charge in [0.1, 0.15) is 14.7 Å². The molecule has 2 heterocycles. The number of nitrogens with zero attached hydrogens (tertiary/aromatic N) is 1. The number of hydrogen-bond acceptors (Lipinski definition) is 5. The van der Waals surface area contributed by atoms with Crippen LogP contribution in [0.5, 0.6) is 0 Å². The van der Waals surface area contributed by atoms with Gasteiger partial charge in [0.05, 0.1) is 17.2 Å². The molecule has 1 N–H and O–H groups in total. The number of nitrogens with one attached hydrogen (secondary N) is 1. The van der Waals surface area contributed by atoms with Crippen molar-refractivity contribution in [2.45, 2.75) is 13.0 Å². The molecule has 98 valence electrons. The molecule has 5 nitrogen and oxygen atoms in total. The summed E-state index contributed by atoms with van der Waals surface area (Å²) in [5, 5.41) is 2.33. The SMILES string of the molecule is CC(CS(C)(=O)=O)n1c(=S)[nH]c2sccc2c1=O. The maximum Gasteiger partial charge on any atom is 0.263 e. The second-order valence-electron chi connectivity index (χ2n) is 4.21. The van der Waals surface area contributed by atoms with E-state index in [0.717, 1.165) is 6.26 Å². The van der Waals surface area contributed by atoms with Gasteiger partial charge in [-0.3, -0.25) is 9.36 Å². The van der Waals surface area contributed by atoms with Gasteiger partial charge >= 0.3 is 0 Å². The fourth-order valence-corrected chi connectivity index (χ4v) is 4.10. The Morgan fingerprint density at radius 3 is 2.83 bits per heavy atom. The van der Waals surface area contributed by atoms with Crippen molar-refractivity contribution in [1.82, 2.24) is 9.55 Å². The fraction of sp³-hybridized carbons (Fsp3) is 0.400. The van der Waals surface area contributed by atoms with E-state index in [4.69, 9.17) is 12.2 Å². The Balaban J connectivity index is 2.64. The molecule has 0 spiro atoms. The highest BCUT2D eigenvalue weighted by Gasteiger charge is 2.16. The molecule has 0 saturated heterocycles. The van der Waals surface area contributed by atoms with Gasteiger partial charge in [-0.05, 0) is 30.6 Å². The summed E-state index contributed by atoms with van der Waals surface area (Å²) in [6.07, 6.45) is 1.14. The van der Waals surface area contributed by atoms with Crippen LogP contribution in [-0.2, 0) is 9.84 Å². The molecule has 2 rings (SSSR count). The molecule has 0 amide bonds. The molecule has 18 heavy (non-hydrogen) atoms. The maximum absolute atomic E-state index is 12.2. The molecule has 0 aliphatic heterocycles. The van der Waals surface area contributed by atoms with Gasteiger partial charge in [-0.15, -0.1) is 11.3 Å². The molecule has 0 aliphatic rings. The van der Waals surface area contributed by atoms with Crippen molar-refractivity contribution < 1.29 is 8.42 Å². The Morgan fingerprint density at radius 2 is 2.22 bits per heavy atom. The van der Waals surface area contributed by atoms with Crippen LogP contribution in [0.2, 0.25) is 0 Å². The smallest absolute Gasteiger partial charge is 0.263 e. The topological polar surface area (TPSA) is 71.9 Å². The molecule has 2 aromatic heterocycles. The number of thiophene rings is 1. The number of sulfone groups is 1. The lowest BCUT2D eigenvalue weighted by Gasteiger charge is -2.14. The maximum atomic E-state index is 12.2. The van der Waals surface area contributed by atoms with Gasteiger partial charge in [0.25, 0.3) is 5.56 Å². The first-order chi connectivity index (χ1) is 8.29. The second kappa shape index (κ2) is 4.60. The first-order valence-corrected chi connectivity index (χ1v) is 8.54. The molecule has 1 atom stereocenters. The third kappa shape index (κ3) is 2.55. The molecular weight excluding hydrogens is 292 g/mol. The van der Waals surface area contributed by atoms with Gasteiger partial charge < -0.3 is 4.98 Å². The van der Waals surface area contributed by atoms with E-state index in [-0.39, 0.29) is 16.1 Å². The Kier molecular flexibility index (Phi) is 3.43. The predicted octanol–water partition coefficient (Wildman–Crippen LogP) is 1.73. The molecular formula is C10H12N2O3S3. The van der Waals surface area contributed by atoms with Crippen molar-refractivity contribution >= 4 is 43.6 Å². The number of aromatic nitrogens is 2. The van der Waals surface area contributed by atoms with Gasteiger partial charge in [0, 0.05) is 6.26 Å². The minimum atomic E-state index is -3.16. The molecule has 1 unspecified atom stereocenters. The molecule has 0 aliphatic carbocycles. The normalized spacial score (nSPS) is 13.9.